The molecule has 2 heterocycles. The summed E-state index contributed by atoms with van der Waals surface area (Å²) in [7, 11) is 0. The van der Waals surface area contributed by atoms with Gasteiger partial charge in [0, 0.05) is 43.5 Å². The minimum atomic E-state index is -0.622. The van der Waals surface area contributed by atoms with Gasteiger partial charge in [0.25, 0.3) is 5.91 Å². The molecule has 1 aromatic heterocycles. The van der Waals surface area contributed by atoms with Crippen LogP contribution in [0.4, 0.5) is 0 Å². The van der Waals surface area contributed by atoms with Crippen molar-refractivity contribution in [3.05, 3.63) is 66.0 Å². The Kier molecular flexibility index (Phi) is 6.76. The topological polar surface area (TPSA) is 88.3 Å². The zero-order valence-corrected chi connectivity index (χ0v) is 16.3. The molecule has 0 aliphatic carbocycles. The predicted molar refractivity (Wildman–Crippen MR) is 109 cm³/mol. The van der Waals surface area contributed by atoms with Crippen LogP contribution in [0.5, 0.6) is 0 Å². The lowest BCUT2D eigenvalue weighted by Crippen LogP contribution is -2.52. The van der Waals surface area contributed by atoms with Crippen LogP contribution in [-0.4, -0.2) is 46.9 Å². The molecule has 148 valence electrons. The molecule has 6 nitrogen and oxygen atoms in total. The van der Waals surface area contributed by atoms with Gasteiger partial charge in [0.2, 0.25) is 5.91 Å². The van der Waals surface area contributed by atoms with Crippen LogP contribution in [0.2, 0.25) is 0 Å². The molecule has 2 unspecified atom stereocenters. The van der Waals surface area contributed by atoms with E-state index in [1.807, 2.05) is 42.2 Å². The van der Waals surface area contributed by atoms with E-state index in [4.69, 9.17) is 5.73 Å². The monoisotopic (exact) mass is 380 g/mol. The summed E-state index contributed by atoms with van der Waals surface area (Å²) in [6, 6.07) is 12.2. The highest BCUT2D eigenvalue weighted by Crippen LogP contribution is 2.20. The van der Waals surface area contributed by atoms with E-state index in [0.29, 0.717) is 31.0 Å². The standard InChI is InChI=1S/C22H28N4O2/c1-16(23)18-9-12-26(13-10-18)22(28)20(14-17-6-5-11-24-15-17)25-21(27)19-7-3-2-4-8-19/h2-8,11,15-16,18,20H,9-10,12-14,23H2,1H3,(H,25,27). The molecule has 1 saturated heterocycles. The molecule has 6 heteroatoms. The minimum Gasteiger partial charge on any atom is -0.341 e. The van der Waals surface area contributed by atoms with Crippen LogP contribution in [0, 0.1) is 5.92 Å². The van der Waals surface area contributed by atoms with Crippen molar-refractivity contribution in [1.82, 2.24) is 15.2 Å². The van der Waals surface area contributed by atoms with Crippen molar-refractivity contribution in [3.8, 4) is 0 Å². The highest BCUT2D eigenvalue weighted by atomic mass is 16.2. The van der Waals surface area contributed by atoms with Gasteiger partial charge in [-0.15, -0.1) is 0 Å². The first-order chi connectivity index (χ1) is 13.5. The van der Waals surface area contributed by atoms with Crippen LogP contribution in [0.3, 0.4) is 0 Å². The van der Waals surface area contributed by atoms with E-state index in [-0.39, 0.29) is 17.9 Å². The molecule has 1 aliphatic heterocycles. The number of hydrogen-bond acceptors (Lipinski definition) is 4. The minimum absolute atomic E-state index is 0.0451. The maximum Gasteiger partial charge on any atom is 0.251 e. The predicted octanol–water partition coefficient (Wildman–Crippen LogP) is 2.01. The number of benzene rings is 1. The van der Waals surface area contributed by atoms with Crippen molar-refractivity contribution >= 4 is 11.8 Å². The Morgan fingerprint density at radius 1 is 1.18 bits per heavy atom. The SMILES string of the molecule is CC(N)C1CCN(C(=O)C(Cc2cccnc2)NC(=O)c2ccccc2)CC1. The van der Waals surface area contributed by atoms with Gasteiger partial charge in [0.15, 0.2) is 0 Å². The van der Waals surface area contributed by atoms with E-state index in [0.717, 1.165) is 18.4 Å². The van der Waals surface area contributed by atoms with Gasteiger partial charge in [-0.05, 0) is 49.4 Å². The maximum absolute atomic E-state index is 13.2. The molecule has 1 aromatic carbocycles. The number of aromatic nitrogens is 1. The van der Waals surface area contributed by atoms with Gasteiger partial charge in [-0.2, -0.15) is 0 Å². The average Bonchev–Trinajstić information content (AvgIpc) is 2.74. The highest BCUT2D eigenvalue weighted by Gasteiger charge is 2.30. The van der Waals surface area contributed by atoms with Crippen LogP contribution in [0.25, 0.3) is 0 Å². The van der Waals surface area contributed by atoms with E-state index in [2.05, 4.69) is 10.3 Å². The zero-order valence-electron chi connectivity index (χ0n) is 16.3. The third-order valence-corrected chi connectivity index (χ3v) is 5.40. The lowest BCUT2D eigenvalue weighted by atomic mass is 9.90. The summed E-state index contributed by atoms with van der Waals surface area (Å²) in [6.07, 6.45) is 5.64. The molecule has 1 aliphatic rings. The molecule has 2 aromatic rings. The maximum atomic E-state index is 13.2. The first-order valence-corrected chi connectivity index (χ1v) is 9.84. The molecule has 0 saturated carbocycles. The normalized spacial score (nSPS) is 17.0. The molecule has 2 atom stereocenters. The molecular weight excluding hydrogens is 352 g/mol. The number of nitrogens with two attached hydrogens (primary N) is 1. The third-order valence-electron chi connectivity index (χ3n) is 5.40. The van der Waals surface area contributed by atoms with Crippen LogP contribution in [0.1, 0.15) is 35.7 Å². The number of pyridine rings is 1. The first kappa shape index (κ1) is 20.0. The zero-order chi connectivity index (χ0) is 19.9. The van der Waals surface area contributed by atoms with Crippen molar-refractivity contribution in [1.29, 1.82) is 0 Å². The van der Waals surface area contributed by atoms with Crippen molar-refractivity contribution in [3.63, 3.8) is 0 Å². The lowest BCUT2D eigenvalue weighted by Gasteiger charge is -2.35. The first-order valence-electron chi connectivity index (χ1n) is 9.84. The van der Waals surface area contributed by atoms with Gasteiger partial charge in [-0.25, -0.2) is 0 Å². The van der Waals surface area contributed by atoms with Gasteiger partial charge < -0.3 is 16.0 Å². The second kappa shape index (κ2) is 9.46. The number of nitrogens with one attached hydrogen (secondary N) is 1. The Morgan fingerprint density at radius 3 is 2.50 bits per heavy atom. The summed E-state index contributed by atoms with van der Waals surface area (Å²) >= 11 is 0. The number of nitrogens with zero attached hydrogens (tertiary/aromatic N) is 2. The second-order valence-corrected chi connectivity index (χ2v) is 7.48. The fourth-order valence-electron chi connectivity index (χ4n) is 3.65. The lowest BCUT2D eigenvalue weighted by molar-refractivity contribution is -0.134. The van der Waals surface area contributed by atoms with Crippen LogP contribution in [0.15, 0.2) is 54.9 Å². The van der Waals surface area contributed by atoms with Crippen molar-refractivity contribution < 1.29 is 9.59 Å². The molecule has 3 N–H and O–H groups in total. The van der Waals surface area contributed by atoms with Crippen LogP contribution >= 0.6 is 0 Å². The van der Waals surface area contributed by atoms with E-state index in [1.54, 1.807) is 24.5 Å². The molecular formula is C22H28N4O2. The number of amides is 2. The number of likely N-dealkylation sites (tertiary alicyclic amines) is 1. The molecule has 2 amide bonds. The highest BCUT2D eigenvalue weighted by molar-refractivity contribution is 5.97. The van der Waals surface area contributed by atoms with Crippen LogP contribution in [-0.2, 0) is 11.2 Å². The molecule has 0 bridgehead atoms. The van der Waals surface area contributed by atoms with Gasteiger partial charge in [-0.3, -0.25) is 14.6 Å². The van der Waals surface area contributed by atoms with Gasteiger partial charge in [-0.1, -0.05) is 24.3 Å². The van der Waals surface area contributed by atoms with E-state index in [9.17, 15) is 9.59 Å². The number of carbonyl (C=O) groups excluding carboxylic acids is 2. The van der Waals surface area contributed by atoms with Crippen molar-refractivity contribution in [2.75, 3.05) is 13.1 Å². The van der Waals surface area contributed by atoms with Gasteiger partial charge in [0.05, 0.1) is 0 Å². The number of carbonyl (C=O) groups is 2. The summed E-state index contributed by atoms with van der Waals surface area (Å²) in [4.78, 5) is 31.8. The van der Waals surface area contributed by atoms with Crippen molar-refractivity contribution in [2.45, 2.75) is 38.3 Å². The Morgan fingerprint density at radius 2 is 1.89 bits per heavy atom. The molecule has 0 radical (unpaired) electrons. The van der Waals surface area contributed by atoms with E-state index in [1.165, 1.54) is 0 Å². The summed E-state index contributed by atoms with van der Waals surface area (Å²) in [6.45, 7) is 3.37. The number of hydrogen-bond donors (Lipinski definition) is 2. The van der Waals surface area contributed by atoms with Crippen LogP contribution < -0.4 is 11.1 Å². The number of piperidine rings is 1. The molecule has 3 rings (SSSR count). The average molecular weight is 380 g/mol. The summed E-state index contributed by atoms with van der Waals surface area (Å²) in [5.41, 5.74) is 7.47. The fraction of sp³-hybridized carbons (Fsp3) is 0.409. The number of rotatable bonds is 6. The molecule has 28 heavy (non-hydrogen) atoms. The third kappa shape index (κ3) is 5.16. The van der Waals surface area contributed by atoms with Crippen molar-refractivity contribution in [2.24, 2.45) is 11.7 Å². The smallest absolute Gasteiger partial charge is 0.251 e. The second-order valence-electron chi connectivity index (χ2n) is 7.48. The Bertz CT molecular complexity index is 772. The fourth-order valence-corrected chi connectivity index (χ4v) is 3.65. The summed E-state index contributed by atoms with van der Waals surface area (Å²) in [5.74, 6) is 0.157. The Hall–Kier alpha value is -2.73. The largest absolute Gasteiger partial charge is 0.341 e. The summed E-state index contributed by atoms with van der Waals surface area (Å²) in [5, 5.41) is 2.93. The molecule has 1 fully saturated rings. The Balaban J connectivity index is 1.72. The quantitative estimate of drug-likeness (QED) is 0.802. The van der Waals surface area contributed by atoms with Gasteiger partial charge >= 0.3 is 0 Å². The summed E-state index contributed by atoms with van der Waals surface area (Å²) < 4.78 is 0. The van der Waals surface area contributed by atoms with E-state index >= 15 is 0 Å². The van der Waals surface area contributed by atoms with E-state index < -0.39 is 6.04 Å². The Labute approximate surface area is 166 Å². The van der Waals surface area contributed by atoms with Gasteiger partial charge in [0.1, 0.15) is 6.04 Å². The molecule has 0 spiro atoms.